The summed E-state index contributed by atoms with van der Waals surface area (Å²) >= 11 is 0. The lowest BCUT2D eigenvalue weighted by atomic mass is 9.98. The predicted octanol–water partition coefficient (Wildman–Crippen LogP) is 3.40. The van der Waals surface area contributed by atoms with Crippen molar-refractivity contribution < 1.29 is 14.3 Å². The van der Waals surface area contributed by atoms with Gasteiger partial charge in [0.05, 0.1) is 26.0 Å². The summed E-state index contributed by atoms with van der Waals surface area (Å²) in [6, 6.07) is 15.6. The van der Waals surface area contributed by atoms with E-state index in [9.17, 15) is 4.79 Å². The highest BCUT2D eigenvalue weighted by atomic mass is 16.5. The van der Waals surface area contributed by atoms with Gasteiger partial charge in [-0.3, -0.25) is 4.79 Å². The number of benzene rings is 2. The molecule has 124 valence electrons. The highest BCUT2D eigenvalue weighted by Gasteiger charge is 2.31. The summed E-state index contributed by atoms with van der Waals surface area (Å²) in [6.07, 6.45) is 0.666. The second-order valence-electron chi connectivity index (χ2n) is 5.61. The van der Waals surface area contributed by atoms with Gasteiger partial charge >= 0.3 is 0 Å². The van der Waals surface area contributed by atoms with Crippen molar-refractivity contribution in [3.63, 3.8) is 0 Å². The molecule has 3 rings (SSSR count). The van der Waals surface area contributed by atoms with Crippen LogP contribution < -0.4 is 9.47 Å². The molecule has 5 nitrogen and oxygen atoms in total. The summed E-state index contributed by atoms with van der Waals surface area (Å²) in [5.41, 5.74) is 2.87. The van der Waals surface area contributed by atoms with Crippen molar-refractivity contribution in [1.82, 2.24) is 5.01 Å². The molecule has 0 N–H and O–H groups in total. The summed E-state index contributed by atoms with van der Waals surface area (Å²) in [7, 11) is 3.21. The molecule has 1 unspecified atom stereocenters. The molecule has 0 aromatic heterocycles. The zero-order valence-electron chi connectivity index (χ0n) is 14.0. The Balaban J connectivity index is 1.95. The molecule has 0 aliphatic carbocycles. The van der Waals surface area contributed by atoms with Gasteiger partial charge < -0.3 is 9.47 Å². The Bertz CT molecular complexity index is 771. The van der Waals surface area contributed by atoms with Gasteiger partial charge in [0.25, 0.3) is 0 Å². The van der Waals surface area contributed by atoms with Gasteiger partial charge in [0, 0.05) is 18.9 Å². The molecule has 0 bridgehead atoms. The molecule has 0 saturated carbocycles. The Morgan fingerprint density at radius 1 is 1.08 bits per heavy atom. The third-order valence-electron chi connectivity index (χ3n) is 4.13. The summed E-state index contributed by atoms with van der Waals surface area (Å²) in [5.74, 6) is 1.25. The van der Waals surface area contributed by atoms with E-state index >= 15 is 0 Å². The Morgan fingerprint density at radius 2 is 1.79 bits per heavy atom. The molecule has 0 spiro atoms. The van der Waals surface area contributed by atoms with E-state index in [1.165, 1.54) is 6.92 Å². The number of rotatable bonds is 4. The van der Waals surface area contributed by atoms with E-state index in [0.717, 1.165) is 16.8 Å². The van der Waals surface area contributed by atoms with Crippen LogP contribution in [0.15, 0.2) is 53.6 Å². The monoisotopic (exact) mass is 324 g/mol. The first kappa shape index (κ1) is 16.1. The molecule has 0 saturated heterocycles. The molecule has 24 heavy (non-hydrogen) atoms. The first-order chi connectivity index (χ1) is 11.6. The summed E-state index contributed by atoms with van der Waals surface area (Å²) in [6.45, 7) is 1.54. The maximum atomic E-state index is 12.0. The van der Waals surface area contributed by atoms with Crippen LogP contribution in [0, 0.1) is 0 Å². The lowest BCUT2D eigenvalue weighted by Crippen LogP contribution is -2.24. The number of amides is 1. The molecule has 1 heterocycles. The molecule has 5 heteroatoms. The van der Waals surface area contributed by atoms with Crippen molar-refractivity contribution in [3.05, 3.63) is 59.7 Å². The Hall–Kier alpha value is -2.82. The predicted molar refractivity (Wildman–Crippen MR) is 92.4 cm³/mol. The molecule has 1 atom stereocenters. The first-order valence-corrected chi connectivity index (χ1v) is 7.78. The van der Waals surface area contributed by atoms with Crippen LogP contribution in [0.5, 0.6) is 11.5 Å². The van der Waals surface area contributed by atoms with Crippen molar-refractivity contribution in [2.24, 2.45) is 5.10 Å². The minimum atomic E-state index is -0.0770. The van der Waals surface area contributed by atoms with E-state index in [0.29, 0.717) is 17.9 Å². The summed E-state index contributed by atoms with van der Waals surface area (Å²) in [5, 5.41) is 6.11. The van der Waals surface area contributed by atoms with Gasteiger partial charge in [-0.1, -0.05) is 30.3 Å². The van der Waals surface area contributed by atoms with Gasteiger partial charge in [0.2, 0.25) is 5.91 Å². The molecule has 2 aromatic carbocycles. The smallest absolute Gasteiger partial charge is 0.240 e. The summed E-state index contributed by atoms with van der Waals surface area (Å²) < 4.78 is 10.6. The first-order valence-electron chi connectivity index (χ1n) is 7.78. The van der Waals surface area contributed by atoms with Crippen LogP contribution in [0.1, 0.15) is 30.5 Å². The van der Waals surface area contributed by atoms with Crippen LogP contribution >= 0.6 is 0 Å². The highest BCUT2D eigenvalue weighted by molar-refractivity contribution is 6.03. The SMILES string of the molecule is COc1ccc(C2=NN(C(C)=O)C(c3ccccc3)C2)cc1OC. The number of hydrogen-bond acceptors (Lipinski definition) is 4. The van der Waals surface area contributed by atoms with E-state index in [1.54, 1.807) is 19.2 Å². The van der Waals surface area contributed by atoms with Crippen molar-refractivity contribution in [2.45, 2.75) is 19.4 Å². The zero-order valence-corrected chi connectivity index (χ0v) is 14.0. The molecule has 1 aliphatic rings. The highest BCUT2D eigenvalue weighted by Crippen LogP contribution is 2.35. The fraction of sp³-hybridized carbons (Fsp3) is 0.263. The van der Waals surface area contributed by atoms with E-state index < -0.39 is 0 Å². The lowest BCUT2D eigenvalue weighted by Gasteiger charge is -2.20. The van der Waals surface area contributed by atoms with E-state index in [2.05, 4.69) is 5.10 Å². The average Bonchev–Trinajstić information content (AvgIpc) is 3.07. The largest absolute Gasteiger partial charge is 0.493 e. The number of carbonyl (C=O) groups excluding carboxylic acids is 1. The molecule has 2 aromatic rings. The van der Waals surface area contributed by atoms with Crippen molar-refractivity contribution >= 4 is 11.6 Å². The third kappa shape index (κ3) is 2.97. The van der Waals surface area contributed by atoms with E-state index in [1.807, 2.05) is 48.5 Å². The van der Waals surface area contributed by atoms with Gasteiger partial charge in [-0.25, -0.2) is 5.01 Å². The maximum absolute atomic E-state index is 12.0. The van der Waals surface area contributed by atoms with Gasteiger partial charge in [-0.15, -0.1) is 0 Å². The second-order valence-corrected chi connectivity index (χ2v) is 5.61. The standard InChI is InChI=1S/C19H20N2O3/c1-13(22)21-17(14-7-5-4-6-8-14)12-16(20-21)15-9-10-18(23-2)19(11-15)24-3/h4-11,17H,12H2,1-3H3. The summed E-state index contributed by atoms with van der Waals surface area (Å²) in [4.78, 5) is 12.0. The second kappa shape index (κ2) is 6.74. The fourth-order valence-corrected chi connectivity index (χ4v) is 2.93. The van der Waals surface area contributed by atoms with Gasteiger partial charge in [-0.2, -0.15) is 5.10 Å². The molecular weight excluding hydrogens is 304 g/mol. The Kier molecular flexibility index (Phi) is 4.51. The number of methoxy groups -OCH3 is 2. The van der Waals surface area contributed by atoms with Crippen LogP contribution in [-0.2, 0) is 4.79 Å². The topological polar surface area (TPSA) is 51.1 Å². The number of nitrogens with zero attached hydrogens (tertiary/aromatic N) is 2. The molecular formula is C19H20N2O3. The van der Waals surface area contributed by atoms with Crippen LogP contribution in [-0.4, -0.2) is 30.8 Å². The van der Waals surface area contributed by atoms with Gasteiger partial charge in [0.1, 0.15) is 0 Å². The van der Waals surface area contributed by atoms with Crippen molar-refractivity contribution in [3.8, 4) is 11.5 Å². The van der Waals surface area contributed by atoms with Crippen LogP contribution in [0.3, 0.4) is 0 Å². The molecule has 0 radical (unpaired) electrons. The van der Waals surface area contributed by atoms with Crippen LogP contribution in [0.2, 0.25) is 0 Å². The van der Waals surface area contributed by atoms with Crippen molar-refractivity contribution in [2.75, 3.05) is 14.2 Å². The lowest BCUT2D eigenvalue weighted by molar-refractivity contribution is -0.130. The number of carbonyl (C=O) groups is 1. The van der Waals surface area contributed by atoms with E-state index in [4.69, 9.17) is 9.47 Å². The van der Waals surface area contributed by atoms with Gasteiger partial charge in [-0.05, 0) is 23.8 Å². The Morgan fingerprint density at radius 3 is 2.42 bits per heavy atom. The number of hydrazone groups is 1. The van der Waals surface area contributed by atoms with Crippen LogP contribution in [0.25, 0.3) is 0 Å². The molecule has 0 fully saturated rings. The van der Waals surface area contributed by atoms with Crippen LogP contribution in [0.4, 0.5) is 0 Å². The third-order valence-corrected chi connectivity index (χ3v) is 4.13. The minimum absolute atomic E-state index is 0.0701. The normalized spacial score (nSPS) is 16.7. The maximum Gasteiger partial charge on any atom is 0.240 e. The van der Waals surface area contributed by atoms with Crippen molar-refractivity contribution in [1.29, 1.82) is 0 Å². The fourth-order valence-electron chi connectivity index (χ4n) is 2.93. The minimum Gasteiger partial charge on any atom is -0.493 e. The average molecular weight is 324 g/mol. The Labute approximate surface area is 141 Å². The number of ether oxygens (including phenoxy) is 2. The number of hydrogen-bond donors (Lipinski definition) is 0. The zero-order chi connectivity index (χ0) is 17.1. The quantitative estimate of drug-likeness (QED) is 0.866. The van der Waals surface area contributed by atoms with E-state index in [-0.39, 0.29) is 11.9 Å². The van der Waals surface area contributed by atoms with Gasteiger partial charge in [0.15, 0.2) is 11.5 Å². The molecule has 1 aliphatic heterocycles. The molecule has 1 amide bonds.